The first-order valence-electron chi connectivity index (χ1n) is 5.61. The summed E-state index contributed by atoms with van der Waals surface area (Å²) >= 11 is 18.8. The second kappa shape index (κ2) is 6.48. The van der Waals surface area contributed by atoms with Crippen LogP contribution in [0, 0.1) is 6.92 Å². The summed E-state index contributed by atoms with van der Waals surface area (Å²) in [5, 5.41) is 3.43. The van der Waals surface area contributed by atoms with Gasteiger partial charge in [-0.05, 0) is 58.7 Å². The third kappa shape index (κ3) is 3.37. The van der Waals surface area contributed by atoms with E-state index in [1.54, 1.807) is 24.3 Å². The third-order valence-corrected chi connectivity index (χ3v) is 5.36. The van der Waals surface area contributed by atoms with E-state index >= 15 is 0 Å². The predicted octanol–water partition coefficient (Wildman–Crippen LogP) is 6.08. The lowest BCUT2D eigenvalue weighted by molar-refractivity contribution is 0.102. The molecule has 2 nitrogen and oxygen atoms in total. The predicted molar refractivity (Wildman–Crippen MR) is 91.0 cm³/mol. The fourth-order valence-electron chi connectivity index (χ4n) is 1.60. The highest BCUT2D eigenvalue weighted by atomic mass is 79.9. The molecule has 1 N–H and O–H groups in total. The van der Waals surface area contributed by atoms with Crippen LogP contribution in [0.5, 0.6) is 0 Å². The lowest BCUT2D eigenvalue weighted by Crippen LogP contribution is -2.12. The van der Waals surface area contributed by atoms with Crippen molar-refractivity contribution in [2.45, 2.75) is 6.92 Å². The minimum absolute atomic E-state index is 0.235. The molecule has 104 valence electrons. The Morgan fingerprint density at radius 3 is 2.35 bits per heavy atom. The number of amides is 1. The van der Waals surface area contributed by atoms with E-state index in [9.17, 15) is 4.79 Å². The topological polar surface area (TPSA) is 29.1 Å². The first kappa shape index (κ1) is 15.8. The third-order valence-electron chi connectivity index (χ3n) is 2.70. The maximum atomic E-state index is 12.2. The van der Waals surface area contributed by atoms with Gasteiger partial charge in [0.1, 0.15) is 0 Å². The monoisotopic (exact) mass is 435 g/mol. The summed E-state index contributed by atoms with van der Waals surface area (Å²) in [5.41, 5.74) is 2.02. The Labute approximate surface area is 143 Å². The minimum atomic E-state index is -0.235. The van der Waals surface area contributed by atoms with Crippen molar-refractivity contribution in [3.8, 4) is 0 Å². The van der Waals surface area contributed by atoms with Gasteiger partial charge in [0.05, 0.1) is 15.7 Å². The molecule has 0 aliphatic heterocycles. The van der Waals surface area contributed by atoms with Crippen LogP contribution in [-0.2, 0) is 0 Å². The molecule has 0 saturated heterocycles. The van der Waals surface area contributed by atoms with Crippen LogP contribution in [0.2, 0.25) is 10.0 Å². The molecular formula is C14H9Br2Cl2NO. The van der Waals surface area contributed by atoms with Crippen LogP contribution >= 0.6 is 55.1 Å². The number of nitrogens with one attached hydrogen (secondary N) is 1. The zero-order chi connectivity index (χ0) is 14.9. The molecule has 0 saturated carbocycles. The smallest absolute Gasteiger partial charge is 0.255 e. The van der Waals surface area contributed by atoms with Crippen molar-refractivity contribution in [2.24, 2.45) is 0 Å². The van der Waals surface area contributed by atoms with Crippen molar-refractivity contribution in [1.82, 2.24) is 0 Å². The number of halogens is 4. The Kier molecular flexibility index (Phi) is 5.13. The maximum absolute atomic E-state index is 12.2. The molecule has 0 aliphatic rings. The van der Waals surface area contributed by atoms with Gasteiger partial charge >= 0.3 is 0 Å². The Bertz CT molecular complexity index is 689. The molecule has 0 aromatic heterocycles. The SMILES string of the molecule is Cc1cc(C(=O)Nc2ccc(Br)c(Cl)c2Cl)ccc1Br. The molecule has 6 heteroatoms. The number of hydrogen-bond acceptors (Lipinski definition) is 1. The van der Waals surface area contributed by atoms with Gasteiger partial charge in [0.2, 0.25) is 0 Å². The molecular weight excluding hydrogens is 429 g/mol. The van der Waals surface area contributed by atoms with Gasteiger partial charge < -0.3 is 5.32 Å². The van der Waals surface area contributed by atoms with Crippen molar-refractivity contribution in [3.63, 3.8) is 0 Å². The van der Waals surface area contributed by atoms with Gasteiger partial charge in [0, 0.05) is 14.5 Å². The number of carbonyl (C=O) groups excluding carboxylic acids is 1. The highest BCUT2D eigenvalue weighted by Crippen LogP contribution is 2.36. The standard InChI is InChI=1S/C14H9Br2Cl2NO/c1-7-6-8(2-3-9(7)15)14(20)19-11-5-4-10(16)12(17)13(11)18/h2-6H,1H3,(H,19,20). The zero-order valence-corrected chi connectivity index (χ0v) is 15.0. The molecule has 2 rings (SSSR count). The lowest BCUT2D eigenvalue weighted by atomic mass is 10.1. The Hall–Kier alpha value is -0.550. The second-order valence-electron chi connectivity index (χ2n) is 4.14. The molecule has 0 radical (unpaired) electrons. The van der Waals surface area contributed by atoms with E-state index in [1.165, 1.54) is 0 Å². The summed E-state index contributed by atoms with van der Waals surface area (Å²) in [7, 11) is 0. The quantitative estimate of drug-likeness (QED) is 0.567. The summed E-state index contributed by atoms with van der Waals surface area (Å²) in [6, 6.07) is 8.80. The van der Waals surface area contributed by atoms with E-state index in [0.717, 1.165) is 10.0 Å². The van der Waals surface area contributed by atoms with Gasteiger partial charge in [-0.15, -0.1) is 0 Å². The van der Waals surface area contributed by atoms with E-state index in [0.29, 0.717) is 25.8 Å². The lowest BCUT2D eigenvalue weighted by Gasteiger charge is -2.10. The Morgan fingerprint density at radius 1 is 1.05 bits per heavy atom. The van der Waals surface area contributed by atoms with Gasteiger partial charge in [0.15, 0.2) is 0 Å². The van der Waals surface area contributed by atoms with Gasteiger partial charge in [0.25, 0.3) is 5.91 Å². The van der Waals surface area contributed by atoms with Gasteiger partial charge in [-0.3, -0.25) is 4.79 Å². The van der Waals surface area contributed by atoms with E-state index < -0.39 is 0 Å². The summed E-state index contributed by atoms with van der Waals surface area (Å²) in [5.74, 6) is -0.235. The number of hydrogen-bond donors (Lipinski definition) is 1. The van der Waals surface area contributed by atoms with Crippen molar-refractivity contribution >= 4 is 66.7 Å². The van der Waals surface area contributed by atoms with Gasteiger partial charge in [-0.2, -0.15) is 0 Å². The average Bonchev–Trinajstić information content (AvgIpc) is 2.42. The van der Waals surface area contributed by atoms with E-state index in [1.807, 2.05) is 13.0 Å². The van der Waals surface area contributed by atoms with E-state index in [-0.39, 0.29) is 5.91 Å². The number of rotatable bonds is 2. The van der Waals surface area contributed by atoms with Crippen molar-refractivity contribution in [1.29, 1.82) is 0 Å². The molecule has 2 aromatic rings. The fourth-order valence-corrected chi connectivity index (χ4v) is 2.67. The second-order valence-corrected chi connectivity index (χ2v) is 6.61. The molecule has 0 unspecified atom stereocenters. The number of anilines is 1. The summed E-state index contributed by atoms with van der Waals surface area (Å²) < 4.78 is 1.64. The maximum Gasteiger partial charge on any atom is 0.255 e. The summed E-state index contributed by atoms with van der Waals surface area (Å²) in [6.45, 7) is 1.92. The minimum Gasteiger partial charge on any atom is -0.321 e. The number of carbonyl (C=O) groups is 1. The molecule has 1 amide bonds. The van der Waals surface area contributed by atoms with Crippen LogP contribution in [0.4, 0.5) is 5.69 Å². The molecule has 2 aromatic carbocycles. The molecule has 0 heterocycles. The van der Waals surface area contributed by atoms with E-state index in [2.05, 4.69) is 37.2 Å². The Balaban J connectivity index is 2.28. The number of benzene rings is 2. The van der Waals surface area contributed by atoms with Crippen LogP contribution < -0.4 is 5.32 Å². The molecule has 0 bridgehead atoms. The highest BCUT2D eigenvalue weighted by Gasteiger charge is 2.13. The van der Waals surface area contributed by atoms with Crippen LogP contribution in [0.1, 0.15) is 15.9 Å². The van der Waals surface area contributed by atoms with Crippen LogP contribution in [-0.4, -0.2) is 5.91 Å². The molecule has 0 aliphatic carbocycles. The molecule has 0 atom stereocenters. The molecule has 20 heavy (non-hydrogen) atoms. The normalized spacial score (nSPS) is 10.4. The Morgan fingerprint density at radius 2 is 1.70 bits per heavy atom. The van der Waals surface area contributed by atoms with E-state index in [4.69, 9.17) is 23.2 Å². The number of aryl methyl sites for hydroxylation is 1. The largest absolute Gasteiger partial charge is 0.321 e. The average molecular weight is 438 g/mol. The first-order chi connectivity index (χ1) is 9.40. The first-order valence-corrected chi connectivity index (χ1v) is 7.95. The fraction of sp³-hybridized carbons (Fsp3) is 0.0714. The highest BCUT2D eigenvalue weighted by molar-refractivity contribution is 9.10. The van der Waals surface area contributed by atoms with Crippen molar-refractivity contribution in [2.75, 3.05) is 5.32 Å². The summed E-state index contributed by atoms with van der Waals surface area (Å²) in [6.07, 6.45) is 0. The van der Waals surface area contributed by atoms with Crippen LogP contribution in [0.3, 0.4) is 0 Å². The molecule has 0 fully saturated rings. The van der Waals surface area contributed by atoms with Gasteiger partial charge in [-0.25, -0.2) is 0 Å². The van der Waals surface area contributed by atoms with Crippen molar-refractivity contribution in [3.05, 3.63) is 60.4 Å². The van der Waals surface area contributed by atoms with Crippen LogP contribution in [0.25, 0.3) is 0 Å². The van der Waals surface area contributed by atoms with Crippen LogP contribution in [0.15, 0.2) is 39.3 Å². The van der Waals surface area contributed by atoms with Gasteiger partial charge in [-0.1, -0.05) is 39.1 Å². The summed E-state index contributed by atoms with van der Waals surface area (Å²) in [4.78, 5) is 12.2. The van der Waals surface area contributed by atoms with Crippen molar-refractivity contribution < 1.29 is 4.79 Å². The zero-order valence-electron chi connectivity index (χ0n) is 10.3. The molecule has 0 spiro atoms.